The van der Waals surface area contributed by atoms with Gasteiger partial charge in [0.15, 0.2) is 0 Å². The van der Waals surface area contributed by atoms with Gasteiger partial charge in [-0.25, -0.2) is 4.98 Å². The van der Waals surface area contributed by atoms with Gasteiger partial charge < -0.3 is 5.11 Å². The van der Waals surface area contributed by atoms with Crippen LogP contribution >= 0.6 is 23.1 Å². The van der Waals surface area contributed by atoms with E-state index in [2.05, 4.69) is 10.4 Å². The highest BCUT2D eigenvalue weighted by atomic mass is 32.2. The Labute approximate surface area is 92.8 Å². The van der Waals surface area contributed by atoms with E-state index in [-0.39, 0.29) is 0 Å². The van der Waals surface area contributed by atoms with Crippen LogP contribution in [0.25, 0.3) is 0 Å². The van der Waals surface area contributed by atoms with Gasteiger partial charge in [-0.1, -0.05) is 11.8 Å². The number of aryl methyl sites for hydroxylation is 1. The van der Waals surface area contributed by atoms with Crippen LogP contribution in [-0.4, -0.2) is 20.9 Å². The molecule has 0 saturated heterocycles. The topological polar surface area (TPSA) is 33.1 Å². The molecule has 0 amide bonds. The normalized spacial score (nSPS) is 32.4. The molecule has 78 valence electrons. The number of aliphatic hydroxyl groups is 1. The molecule has 1 saturated carbocycles. The van der Waals surface area contributed by atoms with E-state index in [9.17, 15) is 5.11 Å². The summed E-state index contributed by atoms with van der Waals surface area (Å²) in [7, 11) is 0. The third kappa shape index (κ3) is 2.12. The predicted octanol–water partition coefficient (Wildman–Crippen LogP) is 2.85. The molecule has 2 nitrogen and oxygen atoms in total. The summed E-state index contributed by atoms with van der Waals surface area (Å²) in [5, 5.41) is 12.5. The lowest BCUT2D eigenvalue weighted by Gasteiger charge is -2.23. The van der Waals surface area contributed by atoms with Crippen molar-refractivity contribution in [3.63, 3.8) is 0 Å². The molecule has 2 unspecified atom stereocenters. The Morgan fingerprint density at radius 2 is 2.50 bits per heavy atom. The summed E-state index contributed by atoms with van der Waals surface area (Å²) in [4.78, 5) is 4.41. The first-order valence-corrected chi connectivity index (χ1v) is 6.65. The van der Waals surface area contributed by atoms with E-state index in [1.807, 2.05) is 13.8 Å². The van der Waals surface area contributed by atoms with Crippen LogP contribution in [0.15, 0.2) is 9.72 Å². The second kappa shape index (κ2) is 3.83. The van der Waals surface area contributed by atoms with E-state index >= 15 is 0 Å². The second-order valence-corrected chi connectivity index (χ2v) is 6.42. The summed E-state index contributed by atoms with van der Waals surface area (Å²) in [6.07, 6.45) is 3.17. The third-order valence-corrected chi connectivity index (χ3v) is 5.33. The molecule has 1 N–H and O–H groups in total. The summed E-state index contributed by atoms with van der Waals surface area (Å²) in [6, 6.07) is 0. The second-order valence-electron chi connectivity index (χ2n) is 4.11. The minimum Gasteiger partial charge on any atom is -0.389 e. The molecule has 14 heavy (non-hydrogen) atoms. The molecule has 2 rings (SSSR count). The first-order chi connectivity index (χ1) is 6.58. The highest BCUT2D eigenvalue weighted by Gasteiger charge is 2.37. The number of hydrogen-bond donors (Lipinski definition) is 1. The van der Waals surface area contributed by atoms with Crippen molar-refractivity contribution in [3.8, 4) is 0 Å². The molecule has 0 spiro atoms. The van der Waals surface area contributed by atoms with Crippen LogP contribution in [0.5, 0.6) is 0 Å². The maximum absolute atomic E-state index is 10.1. The van der Waals surface area contributed by atoms with Crippen LogP contribution in [0.3, 0.4) is 0 Å². The van der Waals surface area contributed by atoms with Crippen molar-refractivity contribution in [2.75, 3.05) is 0 Å². The SMILES string of the molecule is Cc1csc(SC2CCCC2(C)O)n1. The number of aromatic nitrogens is 1. The Bertz CT molecular complexity index is 322. The third-order valence-electron chi connectivity index (χ3n) is 2.68. The lowest BCUT2D eigenvalue weighted by molar-refractivity contribution is 0.0734. The van der Waals surface area contributed by atoms with Crippen LogP contribution in [0.4, 0.5) is 0 Å². The maximum Gasteiger partial charge on any atom is 0.150 e. The first-order valence-electron chi connectivity index (χ1n) is 4.89. The van der Waals surface area contributed by atoms with Crippen molar-refractivity contribution in [1.82, 2.24) is 4.98 Å². The Kier molecular flexibility index (Phi) is 2.86. The predicted molar refractivity (Wildman–Crippen MR) is 61.0 cm³/mol. The maximum atomic E-state index is 10.1. The van der Waals surface area contributed by atoms with Gasteiger partial charge in [-0.3, -0.25) is 0 Å². The summed E-state index contributed by atoms with van der Waals surface area (Å²) < 4.78 is 1.09. The van der Waals surface area contributed by atoms with Crippen molar-refractivity contribution in [1.29, 1.82) is 0 Å². The van der Waals surface area contributed by atoms with Crippen LogP contribution in [0.1, 0.15) is 31.9 Å². The Balaban J connectivity index is 2.04. The van der Waals surface area contributed by atoms with Crippen LogP contribution in [0.2, 0.25) is 0 Å². The number of hydrogen-bond acceptors (Lipinski definition) is 4. The minimum absolute atomic E-state index is 0.327. The monoisotopic (exact) mass is 229 g/mol. The molecule has 1 fully saturated rings. The smallest absolute Gasteiger partial charge is 0.150 e. The largest absolute Gasteiger partial charge is 0.389 e. The molecular weight excluding hydrogens is 214 g/mol. The molecule has 0 aliphatic heterocycles. The van der Waals surface area contributed by atoms with E-state index in [1.54, 1.807) is 23.1 Å². The zero-order valence-corrected chi connectivity index (χ0v) is 10.1. The van der Waals surface area contributed by atoms with Crippen LogP contribution in [0, 0.1) is 6.92 Å². The summed E-state index contributed by atoms with van der Waals surface area (Å²) in [6.45, 7) is 3.95. The summed E-state index contributed by atoms with van der Waals surface area (Å²) >= 11 is 3.41. The van der Waals surface area contributed by atoms with Gasteiger partial charge in [0.25, 0.3) is 0 Å². The lowest BCUT2D eigenvalue weighted by Crippen LogP contribution is -2.30. The fourth-order valence-corrected chi connectivity index (χ4v) is 4.14. The quantitative estimate of drug-likeness (QED) is 0.846. The molecule has 0 aromatic carbocycles. The molecule has 0 bridgehead atoms. The summed E-state index contributed by atoms with van der Waals surface area (Å²) in [5.41, 5.74) is 0.583. The van der Waals surface area contributed by atoms with Gasteiger partial charge >= 0.3 is 0 Å². The van der Waals surface area contributed by atoms with Crippen molar-refractivity contribution in [3.05, 3.63) is 11.1 Å². The van der Waals surface area contributed by atoms with Crippen molar-refractivity contribution >= 4 is 23.1 Å². The standard InChI is InChI=1S/C10H15NOS2/c1-7-6-13-9(11-7)14-8-4-3-5-10(8,2)12/h6,8,12H,3-5H2,1-2H3. The molecule has 0 radical (unpaired) electrons. The molecule has 2 atom stereocenters. The fraction of sp³-hybridized carbons (Fsp3) is 0.700. The molecule has 1 heterocycles. The molecule has 1 aliphatic carbocycles. The molecule has 1 aliphatic rings. The highest BCUT2D eigenvalue weighted by molar-refractivity contribution is 8.01. The van der Waals surface area contributed by atoms with Gasteiger partial charge in [0.1, 0.15) is 4.34 Å². The Hall–Kier alpha value is -0.0600. The van der Waals surface area contributed by atoms with Crippen molar-refractivity contribution < 1.29 is 5.11 Å². The van der Waals surface area contributed by atoms with Gasteiger partial charge in [0.05, 0.1) is 5.60 Å². The van der Waals surface area contributed by atoms with E-state index in [1.165, 1.54) is 0 Å². The molecular formula is C10H15NOS2. The van der Waals surface area contributed by atoms with Crippen molar-refractivity contribution in [2.45, 2.75) is 48.3 Å². The van der Waals surface area contributed by atoms with E-state index < -0.39 is 5.60 Å². The number of nitrogens with zero attached hydrogens (tertiary/aromatic N) is 1. The zero-order chi connectivity index (χ0) is 10.2. The zero-order valence-electron chi connectivity index (χ0n) is 8.49. The molecule has 1 aromatic rings. The van der Waals surface area contributed by atoms with Gasteiger partial charge in [-0.2, -0.15) is 0 Å². The highest BCUT2D eigenvalue weighted by Crippen LogP contribution is 2.42. The lowest BCUT2D eigenvalue weighted by atomic mass is 10.1. The summed E-state index contributed by atoms with van der Waals surface area (Å²) in [5.74, 6) is 0. The number of rotatable bonds is 2. The first kappa shape index (κ1) is 10.5. The van der Waals surface area contributed by atoms with Gasteiger partial charge in [0, 0.05) is 16.3 Å². The van der Waals surface area contributed by atoms with Gasteiger partial charge in [-0.15, -0.1) is 11.3 Å². The van der Waals surface area contributed by atoms with E-state index in [0.29, 0.717) is 5.25 Å². The van der Waals surface area contributed by atoms with E-state index in [4.69, 9.17) is 0 Å². The van der Waals surface area contributed by atoms with Crippen molar-refractivity contribution in [2.24, 2.45) is 0 Å². The van der Waals surface area contributed by atoms with Crippen LogP contribution in [-0.2, 0) is 0 Å². The average Bonchev–Trinajstić information content (AvgIpc) is 2.61. The Morgan fingerprint density at radius 3 is 3.00 bits per heavy atom. The molecule has 1 aromatic heterocycles. The minimum atomic E-state index is -0.496. The number of thiazole rings is 1. The average molecular weight is 229 g/mol. The number of thioether (sulfide) groups is 1. The van der Waals surface area contributed by atoms with Gasteiger partial charge in [-0.05, 0) is 33.1 Å². The Morgan fingerprint density at radius 1 is 1.71 bits per heavy atom. The van der Waals surface area contributed by atoms with Crippen LogP contribution < -0.4 is 0 Å². The fourth-order valence-electron chi connectivity index (χ4n) is 1.81. The van der Waals surface area contributed by atoms with E-state index in [0.717, 1.165) is 29.3 Å². The molecule has 4 heteroatoms. The van der Waals surface area contributed by atoms with Gasteiger partial charge in [0.2, 0.25) is 0 Å².